The lowest BCUT2D eigenvalue weighted by atomic mass is 9.36. The molecule has 3 N–H and O–H groups in total. The summed E-state index contributed by atoms with van der Waals surface area (Å²) in [6.45, 7) is 8.09. The van der Waals surface area contributed by atoms with Gasteiger partial charge in [0.15, 0.2) is 12.1 Å². The van der Waals surface area contributed by atoms with Crippen LogP contribution in [0.5, 0.6) is 0 Å². The van der Waals surface area contributed by atoms with Gasteiger partial charge in [0.1, 0.15) is 0 Å². The summed E-state index contributed by atoms with van der Waals surface area (Å²) >= 11 is 0. The molecule has 27 heavy (non-hydrogen) atoms. The molecule has 0 radical (unpaired) electrons. The fraction of sp³-hybridized carbons (Fsp3) is 0.857. The number of hydrogen-bond donors (Lipinski definition) is 3. The fourth-order valence-corrected chi connectivity index (χ4v) is 8.07. The van der Waals surface area contributed by atoms with Crippen molar-refractivity contribution >= 4 is 5.78 Å². The molecule has 0 aromatic rings. The maximum atomic E-state index is 13.4. The monoisotopic (exact) mass is 378 g/mol. The topological polar surface area (TPSA) is 96.2 Å². The van der Waals surface area contributed by atoms with Gasteiger partial charge in [-0.15, -0.1) is 0 Å². The Morgan fingerprint density at radius 2 is 1.93 bits per heavy atom. The number of carbonyl (C=O) groups excluding carboxylic acids is 1. The molecule has 0 amide bonds. The Morgan fingerprint density at radius 1 is 1.22 bits per heavy atom. The van der Waals surface area contributed by atoms with Crippen LogP contribution in [0.1, 0.15) is 39.5 Å². The minimum Gasteiger partial charge on any atom is -0.393 e. The van der Waals surface area contributed by atoms with Crippen molar-refractivity contribution in [3.63, 3.8) is 0 Å². The lowest BCUT2D eigenvalue weighted by Crippen LogP contribution is -2.79. The highest BCUT2D eigenvalue weighted by atomic mass is 16.7. The van der Waals surface area contributed by atoms with Gasteiger partial charge in [0, 0.05) is 24.4 Å². The highest BCUT2D eigenvalue weighted by Gasteiger charge is 2.82. The zero-order valence-corrected chi connectivity index (χ0v) is 16.2. The van der Waals surface area contributed by atoms with E-state index in [0.29, 0.717) is 31.3 Å². The number of ketones is 1. The minimum atomic E-state index is -1.14. The van der Waals surface area contributed by atoms with Crippen molar-refractivity contribution in [3.05, 3.63) is 12.2 Å². The van der Waals surface area contributed by atoms with Crippen LogP contribution < -0.4 is 0 Å². The van der Waals surface area contributed by atoms with Gasteiger partial charge in [-0.25, -0.2) is 0 Å². The molecule has 2 saturated heterocycles. The van der Waals surface area contributed by atoms with E-state index in [-0.39, 0.29) is 11.7 Å². The lowest BCUT2D eigenvalue weighted by molar-refractivity contribution is -0.403. The molecule has 4 aliphatic carbocycles. The molecule has 6 fully saturated rings. The summed E-state index contributed by atoms with van der Waals surface area (Å²) < 4.78 is 12.1. The average molecular weight is 378 g/mol. The van der Waals surface area contributed by atoms with E-state index in [1.165, 1.54) is 0 Å². The molecule has 6 nitrogen and oxygen atoms in total. The van der Waals surface area contributed by atoms with Crippen LogP contribution in [0.2, 0.25) is 0 Å². The summed E-state index contributed by atoms with van der Waals surface area (Å²) in [5.74, 6) is -0.946. The van der Waals surface area contributed by atoms with Crippen LogP contribution in [0.4, 0.5) is 0 Å². The number of ether oxygens (including phenoxy) is 2. The maximum Gasteiger partial charge on any atom is 0.170 e. The number of fused-ring (bicyclic) bond motifs is 2. The first kappa shape index (κ1) is 18.3. The number of aliphatic hydroxyl groups excluding tert-OH is 3. The fourth-order valence-electron chi connectivity index (χ4n) is 8.07. The van der Waals surface area contributed by atoms with E-state index in [4.69, 9.17) is 9.47 Å². The van der Waals surface area contributed by atoms with E-state index in [2.05, 4.69) is 20.4 Å². The van der Waals surface area contributed by atoms with Gasteiger partial charge in [0.25, 0.3) is 0 Å². The third kappa shape index (κ3) is 1.71. The van der Waals surface area contributed by atoms with Gasteiger partial charge in [-0.1, -0.05) is 20.4 Å². The zero-order chi connectivity index (χ0) is 19.5. The van der Waals surface area contributed by atoms with Crippen LogP contribution in [0.25, 0.3) is 0 Å². The van der Waals surface area contributed by atoms with Gasteiger partial charge >= 0.3 is 0 Å². The number of hydrogen-bond acceptors (Lipinski definition) is 6. The molecule has 2 spiro atoms. The molecule has 0 aromatic heterocycles. The molecule has 2 heterocycles. The molecule has 6 aliphatic rings. The van der Waals surface area contributed by atoms with Crippen molar-refractivity contribution in [2.75, 3.05) is 7.11 Å². The Morgan fingerprint density at radius 3 is 2.59 bits per heavy atom. The predicted molar refractivity (Wildman–Crippen MR) is 95.4 cm³/mol. The molecule has 150 valence electrons. The van der Waals surface area contributed by atoms with Crippen LogP contribution in [-0.2, 0) is 14.3 Å². The second-order valence-corrected chi connectivity index (χ2v) is 10.1. The Bertz CT molecular complexity index is 717. The number of rotatable bonds is 1. The van der Waals surface area contributed by atoms with Gasteiger partial charge in [0.2, 0.25) is 0 Å². The second-order valence-electron chi connectivity index (χ2n) is 10.1. The van der Waals surface area contributed by atoms with Crippen molar-refractivity contribution in [2.24, 2.45) is 34.0 Å². The second kappa shape index (κ2) is 5.22. The first-order chi connectivity index (χ1) is 12.6. The van der Waals surface area contributed by atoms with Gasteiger partial charge in [-0.2, -0.15) is 0 Å². The van der Waals surface area contributed by atoms with Crippen molar-refractivity contribution in [1.82, 2.24) is 0 Å². The van der Waals surface area contributed by atoms with Crippen molar-refractivity contribution < 1.29 is 29.6 Å². The third-order valence-electron chi connectivity index (χ3n) is 9.16. The third-order valence-corrected chi connectivity index (χ3v) is 9.16. The highest BCUT2D eigenvalue weighted by Crippen LogP contribution is 2.75. The molecule has 6 rings (SSSR count). The predicted octanol–water partition coefficient (Wildman–Crippen LogP) is 1.03. The molecular formula is C21H30O6. The van der Waals surface area contributed by atoms with Crippen molar-refractivity contribution in [3.8, 4) is 0 Å². The lowest BCUT2D eigenvalue weighted by Gasteiger charge is -2.73. The summed E-state index contributed by atoms with van der Waals surface area (Å²) in [4.78, 5) is 13.4. The van der Waals surface area contributed by atoms with E-state index in [0.717, 1.165) is 0 Å². The number of aliphatic hydroxyl groups is 3. The van der Waals surface area contributed by atoms with Gasteiger partial charge in [0.05, 0.1) is 29.8 Å². The molecule has 4 bridgehead atoms. The number of Topliss-reactive ketones (excluding diaryl/α,β-unsaturated/α-hetero) is 1. The minimum absolute atomic E-state index is 0.0353. The largest absolute Gasteiger partial charge is 0.393 e. The molecule has 10 atom stereocenters. The maximum absolute atomic E-state index is 13.4. The summed E-state index contributed by atoms with van der Waals surface area (Å²) in [5.41, 5.74) is -1.71. The highest BCUT2D eigenvalue weighted by molar-refractivity contribution is 6.04. The van der Waals surface area contributed by atoms with Crippen LogP contribution in [-0.4, -0.2) is 58.9 Å². The normalized spacial score (nSPS) is 58.1. The summed E-state index contributed by atoms with van der Waals surface area (Å²) in [5, 5.41) is 33.2. The van der Waals surface area contributed by atoms with Gasteiger partial charge in [-0.05, 0) is 42.6 Å². The summed E-state index contributed by atoms with van der Waals surface area (Å²) in [7, 11) is 1.60. The molecular weight excluding hydrogens is 348 g/mol. The van der Waals surface area contributed by atoms with Crippen LogP contribution in [0.3, 0.4) is 0 Å². The molecule has 4 saturated carbocycles. The first-order valence-corrected chi connectivity index (χ1v) is 10.1. The smallest absolute Gasteiger partial charge is 0.170 e. The summed E-state index contributed by atoms with van der Waals surface area (Å²) in [6.07, 6.45) is -1.05. The van der Waals surface area contributed by atoms with E-state index in [1.807, 2.05) is 0 Å². The Balaban J connectivity index is 1.76. The number of methoxy groups -OCH3 is 1. The van der Waals surface area contributed by atoms with E-state index in [1.54, 1.807) is 7.11 Å². The van der Waals surface area contributed by atoms with Crippen LogP contribution in [0.15, 0.2) is 12.2 Å². The van der Waals surface area contributed by atoms with Crippen molar-refractivity contribution in [2.45, 2.75) is 70.2 Å². The molecule has 0 aromatic carbocycles. The Hall–Kier alpha value is -0.790. The van der Waals surface area contributed by atoms with Gasteiger partial charge < -0.3 is 24.8 Å². The zero-order valence-electron chi connectivity index (χ0n) is 16.2. The molecule has 2 aliphatic heterocycles. The standard InChI is InChI=1S/C21H30O6/c1-9-10-7-11(22)15-20-6-5-13(23)19(2,3)12(20)8-14(27-18(20)26-4)21(15,16(9)24)17(10)25/h10-15,17-18,22-23,25H,1,5-8H2,2-4H3/t10-,11-,12+,13+,14+,15-,17+,18?,20-,21+/m0/s1. The van der Waals surface area contributed by atoms with Crippen molar-refractivity contribution in [1.29, 1.82) is 0 Å². The number of carbonyl (C=O) groups is 1. The Kier molecular flexibility index (Phi) is 3.53. The average Bonchev–Trinajstić information content (AvgIpc) is 2.75. The van der Waals surface area contributed by atoms with E-state index >= 15 is 0 Å². The SMILES string of the molecule is C=C1C(=O)[C@]23[C@H](O)[C@H]1C[C@H](O)[C@H]2[C@]12CC[C@@H](O)C(C)(C)[C@H]1C[C@H]3OC2OC. The van der Waals surface area contributed by atoms with Gasteiger partial charge in [-0.3, -0.25) is 4.79 Å². The van der Waals surface area contributed by atoms with E-state index in [9.17, 15) is 20.1 Å². The Labute approximate surface area is 159 Å². The molecule has 6 heteroatoms. The molecule has 1 unspecified atom stereocenters. The first-order valence-electron chi connectivity index (χ1n) is 10.1. The van der Waals surface area contributed by atoms with E-state index < -0.39 is 58.8 Å². The van der Waals surface area contributed by atoms with Crippen LogP contribution in [0, 0.1) is 34.0 Å². The van der Waals surface area contributed by atoms with Crippen LogP contribution >= 0.6 is 0 Å². The quantitative estimate of drug-likeness (QED) is 0.590. The summed E-state index contributed by atoms with van der Waals surface area (Å²) in [6, 6.07) is 0.